The van der Waals surface area contributed by atoms with Gasteiger partial charge in [0.2, 0.25) is 0 Å². The number of aryl methyl sites for hydroxylation is 1. The van der Waals surface area contributed by atoms with Gasteiger partial charge in [-0.1, -0.05) is 13.8 Å². The van der Waals surface area contributed by atoms with E-state index >= 15 is 0 Å². The van der Waals surface area contributed by atoms with Gasteiger partial charge >= 0.3 is 11.7 Å². The summed E-state index contributed by atoms with van der Waals surface area (Å²) in [7, 11) is 4.32. The van der Waals surface area contributed by atoms with E-state index in [1.807, 2.05) is 13.8 Å². The van der Waals surface area contributed by atoms with Crippen LogP contribution in [-0.4, -0.2) is 33.0 Å². The first-order valence-corrected chi connectivity index (χ1v) is 8.06. The number of methoxy groups -OCH3 is 1. The molecule has 0 aliphatic carbocycles. The fraction of sp³-hybridized carbons (Fsp3) is 0.467. The molecule has 0 unspecified atom stereocenters. The molecule has 2 aromatic heterocycles. The molecule has 2 heterocycles. The third kappa shape index (κ3) is 3.03. The van der Waals surface area contributed by atoms with Gasteiger partial charge in [0.25, 0.3) is 5.56 Å². The van der Waals surface area contributed by atoms with Crippen LogP contribution in [0.15, 0.2) is 20.7 Å². The number of ether oxygens (including phenoxy) is 1. The molecule has 0 fully saturated rings. The molecule has 2 aromatic rings. The molecule has 7 nitrogen and oxygen atoms in total. The van der Waals surface area contributed by atoms with Gasteiger partial charge < -0.3 is 4.74 Å². The molecule has 2 rings (SSSR count). The van der Waals surface area contributed by atoms with Crippen molar-refractivity contribution in [2.75, 3.05) is 12.9 Å². The van der Waals surface area contributed by atoms with E-state index in [1.165, 1.54) is 30.5 Å². The largest absolute Gasteiger partial charge is 0.468 e. The Balaban J connectivity index is 2.83. The van der Waals surface area contributed by atoms with E-state index in [4.69, 9.17) is 0 Å². The van der Waals surface area contributed by atoms with Crippen LogP contribution in [0.5, 0.6) is 0 Å². The number of thioether (sulfide) groups is 1. The molecular formula is C15H19N3O4S. The summed E-state index contributed by atoms with van der Waals surface area (Å²) in [5.41, 5.74) is 0.332. The standard InChI is InChI=1S/C15H19N3O4S/c1-8(2)9-6-16-13-11(12(9)23-7-10(19)22-5)14(20)18(4)15(21)17(13)3/h6,8H,7H2,1-5H3. The number of fused-ring (bicyclic) bond motifs is 1. The van der Waals surface area contributed by atoms with E-state index in [0.29, 0.717) is 15.9 Å². The van der Waals surface area contributed by atoms with Gasteiger partial charge in [0.1, 0.15) is 5.65 Å². The number of carbonyl (C=O) groups is 1. The summed E-state index contributed by atoms with van der Waals surface area (Å²) in [5, 5.41) is 0.356. The molecule has 0 aliphatic rings. The maximum absolute atomic E-state index is 12.6. The quantitative estimate of drug-likeness (QED) is 0.612. The molecule has 0 bridgehead atoms. The van der Waals surface area contributed by atoms with Crippen molar-refractivity contribution in [3.8, 4) is 0 Å². The topological polar surface area (TPSA) is 83.2 Å². The van der Waals surface area contributed by atoms with Gasteiger partial charge in [-0.05, 0) is 11.5 Å². The average molecular weight is 337 g/mol. The Kier molecular flexibility index (Phi) is 4.93. The fourth-order valence-electron chi connectivity index (χ4n) is 2.27. The number of pyridine rings is 1. The smallest absolute Gasteiger partial charge is 0.332 e. The molecule has 0 N–H and O–H groups in total. The summed E-state index contributed by atoms with van der Waals surface area (Å²) >= 11 is 1.23. The lowest BCUT2D eigenvalue weighted by atomic mass is 10.0. The summed E-state index contributed by atoms with van der Waals surface area (Å²) < 4.78 is 7.06. The monoisotopic (exact) mass is 337 g/mol. The zero-order valence-electron chi connectivity index (χ0n) is 13.7. The minimum atomic E-state index is -0.434. The summed E-state index contributed by atoms with van der Waals surface area (Å²) in [6.45, 7) is 3.97. The molecule has 0 atom stereocenters. The van der Waals surface area contributed by atoms with Gasteiger partial charge in [-0.2, -0.15) is 0 Å². The Labute approximate surface area is 137 Å². The van der Waals surface area contributed by atoms with Crippen molar-refractivity contribution in [3.63, 3.8) is 0 Å². The van der Waals surface area contributed by atoms with Crippen LogP contribution >= 0.6 is 11.8 Å². The molecular weight excluding hydrogens is 318 g/mol. The maximum Gasteiger partial charge on any atom is 0.332 e. The normalized spacial score (nSPS) is 11.2. The molecule has 0 aliphatic heterocycles. The second-order valence-electron chi connectivity index (χ2n) is 5.47. The third-order valence-electron chi connectivity index (χ3n) is 3.63. The van der Waals surface area contributed by atoms with Gasteiger partial charge in [0.05, 0.1) is 18.2 Å². The van der Waals surface area contributed by atoms with Crippen LogP contribution in [0, 0.1) is 0 Å². The van der Waals surface area contributed by atoms with Gasteiger partial charge in [-0.25, -0.2) is 9.78 Å². The third-order valence-corrected chi connectivity index (χ3v) is 4.74. The van der Waals surface area contributed by atoms with Crippen molar-refractivity contribution < 1.29 is 9.53 Å². The van der Waals surface area contributed by atoms with Crippen molar-refractivity contribution in [2.45, 2.75) is 24.7 Å². The number of carbonyl (C=O) groups excluding carboxylic acids is 1. The van der Waals surface area contributed by atoms with Gasteiger partial charge in [-0.3, -0.25) is 18.7 Å². The van der Waals surface area contributed by atoms with Crippen LogP contribution in [0.3, 0.4) is 0 Å². The van der Waals surface area contributed by atoms with E-state index < -0.39 is 11.2 Å². The van der Waals surface area contributed by atoms with E-state index in [1.54, 1.807) is 13.2 Å². The highest BCUT2D eigenvalue weighted by Crippen LogP contribution is 2.32. The molecule has 124 valence electrons. The van der Waals surface area contributed by atoms with Crippen molar-refractivity contribution >= 4 is 28.8 Å². The summed E-state index contributed by atoms with van der Waals surface area (Å²) in [6.07, 6.45) is 1.66. The van der Waals surface area contributed by atoms with Crippen molar-refractivity contribution in [1.82, 2.24) is 14.1 Å². The molecule has 0 amide bonds. The Hall–Kier alpha value is -2.09. The Morgan fingerprint density at radius 3 is 2.52 bits per heavy atom. The molecule has 8 heteroatoms. The number of aromatic nitrogens is 3. The van der Waals surface area contributed by atoms with Crippen LogP contribution < -0.4 is 11.2 Å². The zero-order valence-corrected chi connectivity index (χ0v) is 14.6. The van der Waals surface area contributed by atoms with Gasteiger partial charge in [0.15, 0.2) is 0 Å². The van der Waals surface area contributed by atoms with Crippen LogP contribution in [-0.2, 0) is 23.6 Å². The lowest BCUT2D eigenvalue weighted by Gasteiger charge is -2.15. The molecule has 0 spiro atoms. The molecule has 23 heavy (non-hydrogen) atoms. The molecule has 0 radical (unpaired) electrons. The van der Waals surface area contributed by atoms with Crippen LogP contribution in [0.25, 0.3) is 11.0 Å². The Bertz CT molecular complexity index is 883. The van der Waals surface area contributed by atoms with E-state index in [0.717, 1.165) is 10.1 Å². The number of hydrogen-bond donors (Lipinski definition) is 0. The van der Waals surface area contributed by atoms with Gasteiger partial charge in [-0.15, -0.1) is 11.8 Å². The predicted octanol–water partition coefficient (Wildman–Crippen LogP) is 1.02. The van der Waals surface area contributed by atoms with E-state index in [-0.39, 0.29) is 17.6 Å². The predicted molar refractivity (Wildman–Crippen MR) is 89.1 cm³/mol. The summed E-state index contributed by atoms with van der Waals surface area (Å²) in [5.74, 6) is -0.174. The Morgan fingerprint density at radius 1 is 1.30 bits per heavy atom. The van der Waals surface area contributed by atoms with Crippen molar-refractivity contribution in [2.24, 2.45) is 14.1 Å². The number of rotatable bonds is 4. The number of esters is 1. The molecule has 0 aromatic carbocycles. The second-order valence-corrected chi connectivity index (χ2v) is 6.45. The zero-order chi connectivity index (χ0) is 17.3. The van der Waals surface area contributed by atoms with Crippen LogP contribution in [0.1, 0.15) is 25.3 Å². The first kappa shape index (κ1) is 17.3. The highest BCUT2D eigenvalue weighted by atomic mass is 32.2. The second kappa shape index (κ2) is 6.57. The maximum atomic E-state index is 12.6. The average Bonchev–Trinajstić information content (AvgIpc) is 2.54. The lowest BCUT2D eigenvalue weighted by molar-refractivity contribution is -0.137. The minimum Gasteiger partial charge on any atom is -0.468 e. The first-order chi connectivity index (χ1) is 10.8. The highest BCUT2D eigenvalue weighted by molar-refractivity contribution is 8.00. The SMILES string of the molecule is COC(=O)CSc1c(C(C)C)cnc2c1c(=O)n(C)c(=O)n2C. The van der Waals surface area contributed by atoms with Gasteiger partial charge in [0, 0.05) is 25.2 Å². The number of hydrogen-bond acceptors (Lipinski definition) is 6. The molecule has 0 saturated carbocycles. The van der Waals surface area contributed by atoms with E-state index in [9.17, 15) is 14.4 Å². The van der Waals surface area contributed by atoms with Crippen molar-refractivity contribution in [3.05, 3.63) is 32.6 Å². The summed E-state index contributed by atoms with van der Waals surface area (Å²) in [4.78, 5) is 41.1. The highest BCUT2D eigenvalue weighted by Gasteiger charge is 2.19. The van der Waals surface area contributed by atoms with Crippen LogP contribution in [0.4, 0.5) is 0 Å². The Morgan fingerprint density at radius 2 is 1.96 bits per heavy atom. The number of nitrogens with zero attached hydrogens (tertiary/aromatic N) is 3. The summed E-state index contributed by atoms with van der Waals surface area (Å²) in [6, 6.07) is 0. The first-order valence-electron chi connectivity index (χ1n) is 7.07. The molecule has 0 saturated heterocycles. The minimum absolute atomic E-state index is 0.0847. The van der Waals surface area contributed by atoms with Crippen LogP contribution in [0.2, 0.25) is 0 Å². The fourth-order valence-corrected chi connectivity index (χ4v) is 3.43. The van der Waals surface area contributed by atoms with Crippen molar-refractivity contribution in [1.29, 1.82) is 0 Å². The lowest BCUT2D eigenvalue weighted by Crippen LogP contribution is -2.37. The van der Waals surface area contributed by atoms with E-state index in [2.05, 4.69) is 9.72 Å².